The number of carbonyl (C=O) groups is 1. The van der Waals surface area contributed by atoms with Crippen molar-refractivity contribution in [2.24, 2.45) is 0 Å². The number of carboxylic acids is 1. The minimum atomic E-state index is -1.03. The van der Waals surface area contributed by atoms with E-state index >= 15 is 0 Å². The molecular weight excluding hydrogens is 420 g/mol. The first-order valence-electron chi connectivity index (χ1n) is 9.40. The molecule has 0 aliphatic rings. The minimum Gasteiger partial charge on any atom is -0.478 e. The standard InChI is InChI=1S/C22H21ClN4O2S/c1-22(2,3)15-6-4-13(5-7-15)12-30-19-9-18-17(8-16(19)23)25-21(26-18)27-11-14(10-24-27)20(28)29/h4-11H,12H2,1-3H3,(H,25,26)(H,28,29). The van der Waals surface area contributed by atoms with E-state index in [-0.39, 0.29) is 11.0 Å². The van der Waals surface area contributed by atoms with Crippen LogP contribution in [0.2, 0.25) is 5.02 Å². The quantitative estimate of drug-likeness (QED) is 0.389. The van der Waals surface area contributed by atoms with Gasteiger partial charge in [0.2, 0.25) is 5.95 Å². The number of H-pyrrole nitrogens is 1. The molecule has 154 valence electrons. The van der Waals surface area contributed by atoms with E-state index in [1.807, 2.05) is 12.1 Å². The number of thioether (sulfide) groups is 1. The number of aromatic carboxylic acids is 1. The average molecular weight is 441 g/mol. The summed E-state index contributed by atoms with van der Waals surface area (Å²) in [6, 6.07) is 12.4. The van der Waals surface area contributed by atoms with Crippen LogP contribution in [0, 0.1) is 0 Å². The van der Waals surface area contributed by atoms with Gasteiger partial charge in [-0.3, -0.25) is 0 Å². The average Bonchev–Trinajstić information content (AvgIpc) is 3.32. The molecule has 0 aliphatic heterocycles. The lowest BCUT2D eigenvalue weighted by atomic mass is 9.87. The maximum Gasteiger partial charge on any atom is 0.338 e. The first-order chi connectivity index (χ1) is 14.2. The number of hydrogen-bond acceptors (Lipinski definition) is 4. The predicted octanol–water partition coefficient (Wildman–Crippen LogP) is 5.69. The molecule has 0 unspecified atom stereocenters. The summed E-state index contributed by atoms with van der Waals surface area (Å²) in [5.74, 6) is 0.205. The number of fused-ring (bicyclic) bond motifs is 1. The van der Waals surface area contributed by atoms with Crippen molar-refractivity contribution >= 4 is 40.4 Å². The maximum atomic E-state index is 11.1. The summed E-state index contributed by atoms with van der Waals surface area (Å²) < 4.78 is 1.40. The highest BCUT2D eigenvalue weighted by molar-refractivity contribution is 7.98. The number of hydrogen-bond donors (Lipinski definition) is 2. The van der Waals surface area contributed by atoms with Crippen LogP contribution < -0.4 is 0 Å². The lowest BCUT2D eigenvalue weighted by Crippen LogP contribution is -2.10. The highest BCUT2D eigenvalue weighted by Gasteiger charge is 2.14. The summed E-state index contributed by atoms with van der Waals surface area (Å²) in [6.07, 6.45) is 2.70. The largest absolute Gasteiger partial charge is 0.478 e. The van der Waals surface area contributed by atoms with Crippen molar-refractivity contribution in [2.75, 3.05) is 0 Å². The van der Waals surface area contributed by atoms with Crippen molar-refractivity contribution in [2.45, 2.75) is 36.8 Å². The van der Waals surface area contributed by atoms with Gasteiger partial charge in [-0.1, -0.05) is 56.6 Å². The van der Waals surface area contributed by atoms with Crippen molar-refractivity contribution < 1.29 is 9.90 Å². The van der Waals surface area contributed by atoms with Crippen LogP contribution in [0.25, 0.3) is 17.0 Å². The number of rotatable bonds is 5. The van der Waals surface area contributed by atoms with E-state index in [0.29, 0.717) is 11.0 Å². The summed E-state index contributed by atoms with van der Waals surface area (Å²) in [6.45, 7) is 6.61. The smallest absolute Gasteiger partial charge is 0.338 e. The molecule has 2 aromatic carbocycles. The Labute approximate surface area is 183 Å². The topological polar surface area (TPSA) is 83.8 Å². The minimum absolute atomic E-state index is 0.0993. The van der Waals surface area contributed by atoms with Crippen molar-refractivity contribution in [3.8, 4) is 5.95 Å². The van der Waals surface area contributed by atoms with Crippen molar-refractivity contribution in [3.05, 3.63) is 70.5 Å². The summed E-state index contributed by atoms with van der Waals surface area (Å²) in [4.78, 5) is 19.7. The zero-order chi connectivity index (χ0) is 21.5. The van der Waals surface area contributed by atoms with E-state index in [1.165, 1.54) is 28.2 Å². The molecule has 0 saturated heterocycles. The molecule has 6 nitrogen and oxygen atoms in total. The van der Waals surface area contributed by atoms with Crippen LogP contribution >= 0.6 is 23.4 Å². The molecule has 4 aromatic rings. The third kappa shape index (κ3) is 4.22. The van der Waals surface area contributed by atoms with Gasteiger partial charge in [0, 0.05) is 16.8 Å². The molecule has 2 N–H and O–H groups in total. The molecule has 4 rings (SSSR count). The molecule has 0 spiro atoms. The maximum absolute atomic E-state index is 11.1. The van der Waals surface area contributed by atoms with Gasteiger partial charge in [0.05, 0.1) is 27.8 Å². The molecule has 0 radical (unpaired) electrons. The Morgan fingerprint density at radius 1 is 1.23 bits per heavy atom. The zero-order valence-electron chi connectivity index (χ0n) is 16.8. The van der Waals surface area contributed by atoms with Gasteiger partial charge >= 0.3 is 5.97 Å². The molecule has 8 heteroatoms. The predicted molar refractivity (Wildman–Crippen MR) is 120 cm³/mol. The molecule has 30 heavy (non-hydrogen) atoms. The van der Waals surface area contributed by atoms with Gasteiger partial charge < -0.3 is 10.1 Å². The van der Waals surface area contributed by atoms with Gasteiger partial charge in [-0.05, 0) is 28.7 Å². The van der Waals surface area contributed by atoms with E-state index < -0.39 is 5.97 Å². The fraction of sp³-hybridized carbons (Fsp3) is 0.227. The van der Waals surface area contributed by atoms with E-state index in [0.717, 1.165) is 21.7 Å². The Hall–Kier alpha value is -2.77. The lowest BCUT2D eigenvalue weighted by Gasteiger charge is -2.19. The van der Waals surface area contributed by atoms with Crippen molar-refractivity contribution in [1.29, 1.82) is 0 Å². The van der Waals surface area contributed by atoms with Gasteiger partial charge in [0.1, 0.15) is 0 Å². The Kier molecular flexibility index (Phi) is 5.34. The van der Waals surface area contributed by atoms with Crippen molar-refractivity contribution in [1.82, 2.24) is 19.7 Å². The van der Waals surface area contributed by atoms with Crippen LogP contribution in [0.4, 0.5) is 0 Å². The molecule has 0 bridgehead atoms. The Balaban J connectivity index is 1.54. The number of nitrogens with zero attached hydrogens (tertiary/aromatic N) is 3. The van der Waals surface area contributed by atoms with Crippen LogP contribution in [-0.2, 0) is 11.2 Å². The molecule has 2 heterocycles. The fourth-order valence-electron chi connectivity index (χ4n) is 3.03. The van der Waals surface area contributed by atoms with Crippen LogP contribution in [0.3, 0.4) is 0 Å². The molecule has 0 aliphatic carbocycles. The molecular formula is C22H21ClN4O2S. The molecule has 0 saturated carbocycles. The van der Waals surface area contributed by atoms with Gasteiger partial charge in [0.15, 0.2) is 0 Å². The highest BCUT2D eigenvalue weighted by atomic mass is 35.5. The van der Waals surface area contributed by atoms with Gasteiger partial charge in [0.25, 0.3) is 0 Å². The third-order valence-corrected chi connectivity index (χ3v) is 6.34. The second kappa shape index (κ2) is 7.81. The second-order valence-corrected chi connectivity index (χ2v) is 9.50. The van der Waals surface area contributed by atoms with Gasteiger partial charge in [-0.25, -0.2) is 14.5 Å². The first kappa shape index (κ1) is 20.5. The summed E-state index contributed by atoms with van der Waals surface area (Å²) >= 11 is 8.14. The number of carboxylic acid groups (broad SMARTS) is 1. The number of nitrogens with one attached hydrogen (secondary N) is 1. The second-order valence-electron chi connectivity index (χ2n) is 8.07. The zero-order valence-corrected chi connectivity index (χ0v) is 18.4. The molecule has 0 fully saturated rings. The number of benzene rings is 2. The SMILES string of the molecule is CC(C)(C)c1ccc(CSc2cc3nc(-n4cc(C(=O)O)cn4)[nH]c3cc2Cl)cc1. The van der Waals surface area contributed by atoms with E-state index in [1.54, 1.807) is 11.8 Å². The number of aromatic nitrogens is 4. The van der Waals surface area contributed by atoms with Crippen LogP contribution in [-0.4, -0.2) is 30.8 Å². The summed E-state index contributed by atoms with van der Waals surface area (Å²) in [7, 11) is 0. The van der Waals surface area contributed by atoms with E-state index in [4.69, 9.17) is 16.7 Å². The highest BCUT2D eigenvalue weighted by Crippen LogP contribution is 2.33. The van der Waals surface area contributed by atoms with Crippen molar-refractivity contribution in [3.63, 3.8) is 0 Å². The Morgan fingerprint density at radius 3 is 2.60 bits per heavy atom. The Bertz CT molecular complexity index is 1220. The normalized spacial score (nSPS) is 11.9. The van der Waals surface area contributed by atoms with Gasteiger partial charge in [-0.15, -0.1) is 11.8 Å². The summed E-state index contributed by atoms with van der Waals surface area (Å²) in [5, 5.41) is 13.8. The van der Waals surface area contributed by atoms with E-state index in [9.17, 15) is 4.79 Å². The number of halogens is 1. The third-order valence-electron chi connectivity index (χ3n) is 4.78. The molecule has 0 amide bonds. The van der Waals surface area contributed by atoms with Crippen LogP contribution in [0.1, 0.15) is 42.3 Å². The van der Waals surface area contributed by atoms with Crippen LogP contribution in [0.15, 0.2) is 53.7 Å². The van der Waals surface area contributed by atoms with Gasteiger partial charge in [-0.2, -0.15) is 5.10 Å². The number of imidazole rings is 1. The Morgan fingerprint density at radius 2 is 1.97 bits per heavy atom. The summed E-state index contributed by atoms with van der Waals surface area (Å²) in [5.41, 5.74) is 4.28. The first-order valence-corrected chi connectivity index (χ1v) is 10.8. The molecule has 0 atom stereocenters. The number of aromatic amines is 1. The lowest BCUT2D eigenvalue weighted by molar-refractivity contribution is 0.0697. The monoisotopic (exact) mass is 440 g/mol. The fourth-order valence-corrected chi connectivity index (χ4v) is 4.26. The molecule has 2 aromatic heterocycles. The van der Waals surface area contributed by atoms with E-state index in [2.05, 4.69) is 60.1 Å². The van der Waals surface area contributed by atoms with Crippen LogP contribution in [0.5, 0.6) is 0 Å².